The number of furan rings is 1. The molecule has 0 aliphatic heterocycles. The van der Waals surface area contributed by atoms with E-state index in [0.29, 0.717) is 16.4 Å². The Balaban J connectivity index is 1.58. The number of carbonyl (C=O) groups excluding carboxylic acids is 2. The van der Waals surface area contributed by atoms with Crippen LogP contribution in [0.4, 0.5) is 10.8 Å². The van der Waals surface area contributed by atoms with E-state index in [2.05, 4.69) is 4.98 Å². The first-order valence-electron chi connectivity index (χ1n) is 9.47. The molecule has 0 fully saturated rings. The number of ketones is 1. The van der Waals surface area contributed by atoms with Gasteiger partial charge in [-0.15, -0.1) is 11.3 Å². The molecule has 30 heavy (non-hydrogen) atoms. The van der Waals surface area contributed by atoms with Crippen molar-refractivity contribution in [1.29, 1.82) is 0 Å². The summed E-state index contributed by atoms with van der Waals surface area (Å²) in [6.45, 7) is 5.52. The number of nitrogens with zero attached hydrogens (tertiary/aromatic N) is 2. The van der Waals surface area contributed by atoms with Gasteiger partial charge in [-0.05, 0) is 55.3 Å². The molecule has 4 aromatic rings. The van der Waals surface area contributed by atoms with Crippen LogP contribution in [0.5, 0.6) is 0 Å². The molecule has 0 saturated heterocycles. The SMILES string of the molecule is CC(=O)N(c1nc(/C=C/C(=O)c2cc3ccccc3o2)cs1)c1cccc(C)c1C. The molecule has 0 bridgehead atoms. The third-order valence-electron chi connectivity index (χ3n) is 4.91. The lowest BCUT2D eigenvalue weighted by Gasteiger charge is -2.21. The summed E-state index contributed by atoms with van der Waals surface area (Å²) in [5.41, 5.74) is 4.23. The molecule has 0 atom stereocenters. The Labute approximate surface area is 178 Å². The van der Waals surface area contributed by atoms with Gasteiger partial charge in [0.1, 0.15) is 5.58 Å². The number of fused-ring (bicyclic) bond motifs is 1. The first kappa shape index (κ1) is 19.8. The van der Waals surface area contributed by atoms with Crippen molar-refractivity contribution < 1.29 is 14.0 Å². The fourth-order valence-corrected chi connectivity index (χ4v) is 4.04. The molecule has 0 aliphatic rings. The first-order valence-corrected chi connectivity index (χ1v) is 10.4. The molecule has 0 spiro atoms. The quantitative estimate of drug-likeness (QED) is 0.292. The predicted octanol–water partition coefficient (Wildman–Crippen LogP) is 6.09. The monoisotopic (exact) mass is 416 g/mol. The van der Waals surface area contributed by atoms with Crippen molar-refractivity contribution in [1.82, 2.24) is 4.98 Å². The van der Waals surface area contributed by atoms with Crippen molar-refractivity contribution in [3.8, 4) is 0 Å². The second-order valence-electron chi connectivity index (χ2n) is 6.97. The summed E-state index contributed by atoms with van der Waals surface area (Å²) in [4.78, 5) is 31.0. The van der Waals surface area contributed by atoms with Gasteiger partial charge < -0.3 is 4.42 Å². The van der Waals surface area contributed by atoms with E-state index in [1.807, 2.05) is 61.7 Å². The summed E-state index contributed by atoms with van der Waals surface area (Å²) in [5, 5.41) is 3.27. The Hall–Kier alpha value is -3.51. The Bertz CT molecular complexity index is 1250. The molecule has 6 heteroatoms. The molecule has 2 aromatic heterocycles. The lowest BCUT2D eigenvalue weighted by Crippen LogP contribution is -2.23. The van der Waals surface area contributed by atoms with E-state index in [4.69, 9.17) is 4.42 Å². The van der Waals surface area contributed by atoms with Gasteiger partial charge in [-0.3, -0.25) is 14.5 Å². The molecular formula is C24H20N2O3S. The van der Waals surface area contributed by atoms with Gasteiger partial charge in [-0.25, -0.2) is 4.98 Å². The number of hydrogen-bond donors (Lipinski definition) is 0. The standard InChI is InChI=1S/C24H20N2O3S/c1-15-7-6-9-20(16(15)2)26(17(3)27)24-25-19(14-30-24)11-12-21(28)23-13-18-8-4-5-10-22(18)29-23/h4-14H,1-3H3/b12-11+. The minimum Gasteiger partial charge on any atom is -0.453 e. The van der Waals surface area contributed by atoms with E-state index >= 15 is 0 Å². The van der Waals surface area contributed by atoms with Gasteiger partial charge in [-0.1, -0.05) is 30.3 Å². The molecular weight excluding hydrogens is 396 g/mol. The third-order valence-corrected chi connectivity index (χ3v) is 5.75. The van der Waals surface area contributed by atoms with Gasteiger partial charge in [0.05, 0.1) is 11.4 Å². The number of benzene rings is 2. The number of thiazole rings is 1. The normalized spacial score (nSPS) is 11.3. The van der Waals surface area contributed by atoms with Crippen LogP contribution < -0.4 is 4.90 Å². The second-order valence-corrected chi connectivity index (χ2v) is 7.81. The van der Waals surface area contributed by atoms with Gasteiger partial charge in [0.15, 0.2) is 10.9 Å². The maximum atomic E-state index is 12.5. The summed E-state index contributed by atoms with van der Waals surface area (Å²) in [7, 11) is 0. The van der Waals surface area contributed by atoms with Crippen LogP contribution in [0.2, 0.25) is 0 Å². The average Bonchev–Trinajstić information content (AvgIpc) is 3.36. The lowest BCUT2D eigenvalue weighted by atomic mass is 10.1. The molecule has 0 radical (unpaired) electrons. The van der Waals surface area contributed by atoms with Crippen LogP contribution in [0.3, 0.4) is 0 Å². The summed E-state index contributed by atoms with van der Waals surface area (Å²) in [5.74, 6) is -0.0747. The summed E-state index contributed by atoms with van der Waals surface area (Å²) in [6, 6.07) is 15.1. The van der Waals surface area contributed by atoms with Crippen LogP contribution in [0.25, 0.3) is 17.0 Å². The highest BCUT2D eigenvalue weighted by Crippen LogP contribution is 2.32. The van der Waals surface area contributed by atoms with E-state index < -0.39 is 0 Å². The molecule has 150 valence electrons. The number of allylic oxidation sites excluding steroid dienone is 1. The lowest BCUT2D eigenvalue weighted by molar-refractivity contribution is -0.115. The van der Waals surface area contributed by atoms with Crippen LogP contribution in [0.1, 0.15) is 34.3 Å². The summed E-state index contributed by atoms with van der Waals surface area (Å²) < 4.78 is 5.60. The Morgan fingerprint density at radius 1 is 1.10 bits per heavy atom. The zero-order chi connectivity index (χ0) is 21.3. The minimum absolute atomic E-state index is 0.119. The molecule has 0 unspecified atom stereocenters. The highest BCUT2D eigenvalue weighted by atomic mass is 32.1. The third kappa shape index (κ3) is 3.82. The van der Waals surface area contributed by atoms with Crippen LogP contribution >= 0.6 is 11.3 Å². The van der Waals surface area contributed by atoms with E-state index in [1.165, 1.54) is 24.3 Å². The Kier molecular flexibility index (Phi) is 5.33. The molecule has 0 N–H and O–H groups in total. The summed E-state index contributed by atoms with van der Waals surface area (Å²) >= 11 is 1.35. The Morgan fingerprint density at radius 2 is 1.90 bits per heavy atom. The van der Waals surface area contributed by atoms with E-state index in [0.717, 1.165) is 22.2 Å². The zero-order valence-electron chi connectivity index (χ0n) is 16.9. The highest BCUT2D eigenvalue weighted by molar-refractivity contribution is 7.14. The van der Waals surface area contributed by atoms with Gasteiger partial charge in [0.25, 0.3) is 0 Å². The average molecular weight is 417 g/mol. The topological polar surface area (TPSA) is 63.4 Å². The van der Waals surface area contributed by atoms with Gasteiger partial charge in [0, 0.05) is 17.7 Å². The van der Waals surface area contributed by atoms with Crippen molar-refractivity contribution in [3.63, 3.8) is 0 Å². The fourth-order valence-electron chi connectivity index (χ4n) is 3.19. The smallest absolute Gasteiger partial charge is 0.230 e. The molecule has 4 rings (SSSR count). The number of aryl methyl sites for hydroxylation is 1. The van der Waals surface area contributed by atoms with Gasteiger partial charge in [-0.2, -0.15) is 0 Å². The van der Waals surface area contributed by atoms with E-state index in [1.54, 1.807) is 17.0 Å². The minimum atomic E-state index is -0.237. The number of para-hydroxylation sites is 1. The van der Waals surface area contributed by atoms with Crippen LogP contribution in [0.15, 0.2) is 64.4 Å². The van der Waals surface area contributed by atoms with Crippen LogP contribution in [0, 0.1) is 13.8 Å². The molecule has 5 nitrogen and oxygen atoms in total. The zero-order valence-corrected chi connectivity index (χ0v) is 17.7. The molecule has 0 saturated carbocycles. The van der Waals surface area contributed by atoms with E-state index in [9.17, 15) is 9.59 Å². The van der Waals surface area contributed by atoms with Crippen molar-refractivity contribution >= 4 is 50.9 Å². The Morgan fingerprint density at radius 3 is 2.67 bits per heavy atom. The summed E-state index contributed by atoms with van der Waals surface area (Å²) in [6.07, 6.45) is 3.07. The van der Waals surface area contributed by atoms with Crippen LogP contribution in [-0.4, -0.2) is 16.7 Å². The predicted molar refractivity (Wildman–Crippen MR) is 120 cm³/mol. The van der Waals surface area contributed by atoms with Crippen molar-refractivity contribution in [2.75, 3.05) is 4.90 Å². The maximum absolute atomic E-state index is 12.5. The number of rotatable bonds is 5. The number of aromatic nitrogens is 1. The molecule has 0 aliphatic carbocycles. The largest absolute Gasteiger partial charge is 0.453 e. The number of amides is 1. The van der Waals surface area contributed by atoms with Gasteiger partial charge >= 0.3 is 0 Å². The molecule has 2 heterocycles. The van der Waals surface area contributed by atoms with E-state index in [-0.39, 0.29) is 17.5 Å². The van der Waals surface area contributed by atoms with Crippen LogP contribution in [-0.2, 0) is 4.79 Å². The second kappa shape index (κ2) is 8.08. The fraction of sp³-hybridized carbons (Fsp3) is 0.125. The highest BCUT2D eigenvalue weighted by Gasteiger charge is 2.20. The van der Waals surface area contributed by atoms with Crippen molar-refractivity contribution in [3.05, 3.63) is 82.6 Å². The van der Waals surface area contributed by atoms with Crippen molar-refractivity contribution in [2.24, 2.45) is 0 Å². The van der Waals surface area contributed by atoms with Crippen molar-refractivity contribution in [2.45, 2.75) is 20.8 Å². The number of anilines is 2. The number of hydrogen-bond acceptors (Lipinski definition) is 5. The maximum Gasteiger partial charge on any atom is 0.230 e. The van der Waals surface area contributed by atoms with Gasteiger partial charge in [0.2, 0.25) is 11.7 Å². The molecule has 2 aromatic carbocycles. The first-order chi connectivity index (χ1) is 14.4. The number of carbonyl (C=O) groups is 2. The molecule has 1 amide bonds.